The molecule has 1 amide bonds. The Labute approximate surface area is 164 Å². The number of aryl methyl sites for hydroxylation is 1. The van der Waals surface area contributed by atoms with Crippen molar-refractivity contribution in [1.29, 1.82) is 0 Å². The number of carbonyl (C=O) groups is 1. The molecule has 2 N–H and O–H groups in total. The molecule has 1 aliphatic heterocycles. The Balaban J connectivity index is 1.73. The Morgan fingerprint density at radius 1 is 1.22 bits per heavy atom. The first-order valence-corrected chi connectivity index (χ1v) is 9.61. The highest BCUT2D eigenvalue weighted by Gasteiger charge is 2.23. The molecule has 0 bridgehead atoms. The van der Waals surface area contributed by atoms with Crippen LogP contribution in [0.4, 0.5) is 4.39 Å². The highest BCUT2D eigenvalue weighted by Crippen LogP contribution is 2.20. The van der Waals surface area contributed by atoms with E-state index in [1.54, 1.807) is 6.07 Å². The van der Waals surface area contributed by atoms with Crippen LogP contribution in [-0.4, -0.2) is 38.8 Å². The predicted octanol–water partition coefficient (Wildman–Crippen LogP) is 2.10. The molecule has 1 heterocycles. The first-order chi connectivity index (χ1) is 13.0. The van der Waals surface area contributed by atoms with Crippen LogP contribution in [0.1, 0.15) is 22.7 Å². The molecular weight excluding hydrogens is 367 g/mol. The summed E-state index contributed by atoms with van der Waals surface area (Å²) in [5, 5.41) is 3.35. The van der Waals surface area contributed by atoms with Crippen LogP contribution < -0.4 is 10.2 Å². The van der Waals surface area contributed by atoms with E-state index in [-0.39, 0.29) is 29.0 Å². The molecular formula is C21H25ClFN2O2+. The van der Waals surface area contributed by atoms with Crippen LogP contribution in [0.5, 0.6) is 0 Å². The van der Waals surface area contributed by atoms with Gasteiger partial charge in [0.1, 0.15) is 31.5 Å². The lowest BCUT2D eigenvalue weighted by molar-refractivity contribution is -0.909. The first-order valence-electron chi connectivity index (χ1n) is 9.23. The topological polar surface area (TPSA) is 42.8 Å². The van der Waals surface area contributed by atoms with Gasteiger partial charge in [0.15, 0.2) is 0 Å². The van der Waals surface area contributed by atoms with Crippen molar-refractivity contribution >= 4 is 17.5 Å². The maximum Gasteiger partial charge on any atom is 0.225 e. The van der Waals surface area contributed by atoms with Gasteiger partial charge in [-0.2, -0.15) is 0 Å². The number of morpholine rings is 1. The van der Waals surface area contributed by atoms with Gasteiger partial charge in [-0.1, -0.05) is 47.5 Å². The monoisotopic (exact) mass is 391 g/mol. The molecule has 6 heteroatoms. The molecule has 1 saturated heterocycles. The third-order valence-corrected chi connectivity index (χ3v) is 5.26. The molecule has 1 atom stereocenters. The molecule has 27 heavy (non-hydrogen) atoms. The summed E-state index contributed by atoms with van der Waals surface area (Å²) in [5.41, 5.74) is 2.45. The van der Waals surface area contributed by atoms with E-state index in [9.17, 15) is 9.18 Å². The van der Waals surface area contributed by atoms with Gasteiger partial charge in [0, 0.05) is 10.6 Å². The molecule has 3 rings (SSSR count). The van der Waals surface area contributed by atoms with Gasteiger partial charge in [0.2, 0.25) is 5.91 Å². The van der Waals surface area contributed by atoms with E-state index in [1.807, 2.05) is 31.2 Å². The van der Waals surface area contributed by atoms with Crippen LogP contribution in [0.25, 0.3) is 0 Å². The fourth-order valence-corrected chi connectivity index (χ4v) is 3.54. The van der Waals surface area contributed by atoms with Crippen molar-refractivity contribution in [2.75, 3.05) is 32.8 Å². The van der Waals surface area contributed by atoms with Gasteiger partial charge in [0.25, 0.3) is 0 Å². The van der Waals surface area contributed by atoms with Crippen molar-refractivity contribution in [3.8, 4) is 0 Å². The van der Waals surface area contributed by atoms with Gasteiger partial charge in [-0.25, -0.2) is 4.39 Å². The van der Waals surface area contributed by atoms with E-state index in [0.717, 1.165) is 38.4 Å². The third-order valence-electron chi connectivity index (χ3n) is 4.91. The Morgan fingerprint density at radius 2 is 1.93 bits per heavy atom. The minimum Gasteiger partial charge on any atom is -0.370 e. The zero-order valence-corrected chi connectivity index (χ0v) is 16.2. The first kappa shape index (κ1) is 19.8. The van der Waals surface area contributed by atoms with Crippen molar-refractivity contribution < 1.29 is 18.8 Å². The number of benzene rings is 2. The van der Waals surface area contributed by atoms with Gasteiger partial charge in [-0.3, -0.25) is 4.79 Å². The number of nitrogens with one attached hydrogen (secondary N) is 2. The molecule has 144 valence electrons. The number of hydrogen-bond acceptors (Lipinski definition) is 2. The number of ether oxygens (including phenoxy) is 1. The van der Waals surface area contributed by atoms with Gasteiger partial charge < -0.3 is 15.0 Å². The molecule has 0 spiro atoms. The lowest BCUT2D eigenvalue weighted by Crippen LogP contribution is -3.14. The van der Waals surface area contributed by atoms with Crippen molar-refractivity contribution in [3.05, 3.63) is 70.0 Å². The summed E-state index contributed by atoms with van der Waals surface area (Å²) in [6.07, 6.45) is -0.0771. The van der Waals surface area contributed by atoms with E-state index in [0.29, 0.717) is 0 Å². The number of carbonyl (C=O) groups excluding carboxylic acids is 1. The Hall–Kier alpha value is -1.95. The van der Waals surface area contributed by atoms with Crippen LogP contribution in [0.3, 0.4) is 0 Å². The summed E-state index contributed by atoms with van der Waals surface area (Å²) in [5.74, 6) is -0.691. The molecule has 0 unspecified atom stereocenters. The molecule has 0 radical (unpaired) electrons. The summed E-state index contributed by atoms with van der Waals surface area (Å²) in [6, 6.07) is 12.5. The number of amides is 1. The molecule has 0 saturated carbocycles. The SMILES string of the molecule is Cc1ccc([C@H](C[NH+]2CCOCC2)NC(=O)Cc2c(F)cccc2Cl)cc1. The Bertz CT molecular complexity index is 756. The van der Waals surface area contributed by atoms with Crippen molar-refractivity contribution in [2.45, 2.75) is 19.4 Å². The van der Waals surface area contributed by atoms with E-state index in [4.69, 9.17) is 16.3 Å². The highest BCUT2D eigenvalue weighted by molar-refractivity contribution is 6.31. The second kappa shape index (κ2) is 9.31. The van der Waals surface area contributed by atoms with Crippen molar-refractivity contribution in [2.24, 2.45) is 0 Å². The smallest absolute Gasteiger partial charge is 0.225 e. The summed E-state index contributed by atoms with van der Waals surface area (Å²) in [7, 11) is 0. The van der Waals surface area contributed by atoms with E-state index >= 15 is 0 Å². The second-order valence-corrected chi connectivity index (χ2v) is 7.38. The summed E-state index contributed by atoms with van der Waals surface area (Å²) < 4.78 is 19.4. The van der Waals surface area contributed by atoms with Gasteiger partial charge in [0.05, 0.1) is 19.6 Å². The normalized spacial score (nSPS) is 16.1. The van der Waals surface area contributed by atoms with E-state index < -0.39 is 5.82 Å². The molecule has 0 aromatic heterocycles. The van der Waals surface area contributed by atoms with Crippen LogP contribution in [0.2, 0.25) is 5.02 Å². The molecule has 4 nitrogen and oxygen atoms in total. The standard InChI is InChI=1S/C21H24ClFN2O2/c1-15-5-7-16(8-6-15)20(14-25-9-11-27-12-10-25)24-21(26)13-17-18(22)3-2-4-19(17)23/h2-8,20H,9-14H2,1H3,(H,24,26)/p+1/t20-/m0/s1. The third kappa shape index (κ3) is 5.51. The fourth-order valence-electron chi connectivity index (χ4n) is 3.31. The molecule has 2 aromatic carbocycles. The number of quaternary nitrogens is 1. The number of halogens is 2. The zero-order valence-electron chi connectivity index (χ0n) is 15.4. The maximum atomic E-state index is 14.0. The Kier molecular flexibility index (Phi) is 6.83. The van der Waals surface area contributed by atoms with Crippen molar-refractivity contribution in [3.63, 3.8) is 0 Å². The molecule has 1 aliphatic rings. The largest absolute Gasteiger partial charge is 0.370 e. The maximum absolute atomic E-state index is 14.0. The van der Waals surface area contributed by atoms with Gasteiger partial charge in [-0.05, 0) is 24.6 Å². The average Bonchev–Trinajstić information content (AvgIpc) is 2.66. The summed E-state index contributed by atoms with van der Waals surface area (Å²) in [6.45, 7) is 6.09. The van der Waals surface area contributed by atoms with E-state index in [1.165, 1.54) is 22.6 Å². The number of hydrogen-bond donors (Lipinski definition) is 2. The van der Waals surface area contributed by atoms with Crippen LogP contribution >= 0.6 is 11.6 Å². The van der Waals surface area contributed by atoms with Crippen LogP contribution in [0, 0.1) is 12.7 Å². The van der Waals surface area contributed by atoms with Gasteiger partial charge >= 0.3 is 0 Å². The van der Waals surface area contributed by atoms with Crippen molar-refractivity contribution in [1.82, 2.24) is 5.32 Å². The number of rotatable bonds is 6. The second-order valence-electron chi connectivity index (χ2n) is 6.97. The predicted molar refractivity (Wildman–Crippen MR) is 104 cm³/mol. The minimum atomic E-state index is -0.455. The fraction of sp³-hybridized carbons (Fsp3) is 0.381. The lowest BCUT2D eigenvalue weighted by atomic mass is 10.0. The molecule has 2 aromatic rings. The lowest BCUT2D eigenvalue weighted by Gasteiger charge is -2.28. The average molecular weight is 392 g/mol. The quantitative estimate of drug-likeness (QED) is 0.792. The molecule has 1 fully saturated rings. The van der Waals surface area contributed by atoms with Crippen LogP contribution in [-0.2, 0) is 16.0 Å². The minimum absolute atomic E-state index is 0.0771. The van der Waals surface area contributed by atoms with Crippen LogP contribution in [0.15, 0.2) is 42.5 Å². The van der Waals surface area contributed by atoms with E-state index in [2.05, 4.69) is 5.32 Å². The zero-order chi connectivity index (χ0) is 19.2. The highest BCUT2D eigenvalue weighted by atomic mass is 35.5. The summed E-state index contributed by atoms with van der Waals surface area (Å²) in [4.78, 5) is 14.0. The molecule has 0 aliphatic carbocycles. The Morgan fingerprint density at radius 3 is 2.59 bits per heavy atom. The van der Waals surface area contributed by atoms with Gasteiger partial charge in [-0.15, -0.1) is 0 Å². The summed E-state index contributed by atoms with van der Waals surface area (Å²) >= 11 is 6.06.